The van der Waals surface area contributed by atoms with Gasteiger partial charge in [0.05, 0.1) is 5.60 Å². The molecule has 1 aromatic rings. The van der Waals surface area contributed by atoms with Gasteiger partial charge in [-0.1, -0.05) is 19.1 Å². The molecule has 2 rings (SSSR count). The van der Waals surface area contributed by atoms with E-state index in [1.807, 2.05) is 6.92 Å². The highest BCUT2D eigenvalue weighted by Gasteiger charge is 2.36. The lowest BCUT2D eigenvalue weighted by Gasteiger charge is -2.36. The summed E-state index contributed by atoms with van der Waals surface area (Å²) in [5.74, 6) is -0.290. The quantitative estimate of drug-likeness (QED) is 0.896. The minimum atomic E-state index is -4.72. The molecule has 0 saturated heterocycles. The van der Waals surface area contributed by atoms with E-state index < -0.39 is 12.0 Å². The highest BCUT2D eigenvalue weighted by molar-refractivity contribution is 5.33. The van der Waals surface area contributed by atoms with Gasteiger partial charge in [0.15, 0.2) is 0 Å². The fourth-order valence-corrected chi connectivity index (χ4v) is 2.86. The molecule has 0 aromatic heterocycles. The van der Waals surface area contributed by atoms with E-state index in [4.69, 9.17) is 0 Å². The van der Waals surface area contributed by atoms with E-state index in [-0.39, 0.29) is 5.75 Å². The van der Waals surface area contributed by atoms with Crippen LogP contribution in [0, 0.1) is 0 Å². The van der Waals surface area contributed by atoms with E-state index in [0.29, 0.717) is 24.4 Å². The first-order valence-corrected chi connectivity index (χ1v) is 7.14. The van der Waals surface area contributed by atoms with Gasteiger partial charge in [0.1, 0.15) is 5.75 Å². The Balaban J connectivity index is 2.09. The third-order valence-electron chi connectivity index (χ3n) is 3.91. The van der Waals surface area contributed by atoms with Crippen molar-refractivity contribution in [2.24, 2.45) is 0 Å². The van der Waals surface area contributed by atoms with Crippen LogP contribution in [-0.4, -0.2) is 24.1 Å². The molecule has 0 bridgehead atoms. The van der Waals surface area contributed by atoms with E-state index >= 15 is 0 Å². The summed E-state index contributed by atoms with van der Waals surface area (Å²) in [6, 6.07) is 6.01. The average Bonchev–Trinajstić information content (AvgIpc) is 2.40. The van der Waals surface area contributed by atoms with Gasteiger partial charge in [-0.2, -0.15) is 0 Å². The Hall–Kier alpha value is -1.27. The van der Waals surface area contributed by atoms with E-state index in [2.05, 4.69) is 10.1 Å². The lowest BCUT2D eigenvalue weighted by Crippen LogP contribution is -2.39. The van der Waals surface area contributed by atoms with E-state index in [1.165, 1.54) is 18.2 Å². The van der Waals surface area contributed by atoms with Gasteiger partial charge < -0.3 is 15.2 Å². The number of ether oxygens (including phenoxy) is 1. The fourth-order valence-electron chi connectivity index (χ4n) is 2.86. The van der Waals surface area contributed by atoms with E-state index in [9.17, 15) is 18.3 Å². The molecule has 0 heterocycles. The summed E-state index contributed by atoms with van der Waals surface area (Å²) in [5, 5.41) is 14.0. The second-order valence-corrected chi connectivity index (χ2v) is 5.44. The zero-order valence-electron chi connectivity index (χ0n) is 11.9. The summed E-state index contributed by atoms with van der Waals surface area (Å²) in [5.41, 5.74) is -0.587. The predicted octanol–water partition coefficient (Wildman–Crippen LogP) is 3.32. The number of hydrogen-bond acceptors (Lipinski definition) is 3. The third-order valence-corrected chi connectivity index (χ3v) is 3.91. The van der Waals surface area contributed by atoms with Crippen molar-refractivity contribution in [1.82, 2.24) is 5.32 Å². The first-order chi connectivity index (χ1) is 9.82. The van der Waals surface area contributed by atoms with Crippen molar-refractivity contribution in [3.63, 3.8) is 0 Å². The average molecular weight is 303 g/mol. The van der Waals surface area contributed by atoms with Gasteiger partial charge in [-0.15, -0.1) is 13.2 Å². The van der Waals surface area contributed by atoms with Crippen LogP contribution in [-0.2, 0) is 5.60 Å². The molecule has 1 aromatic carbocycles. The normalized spacial score (nSPS) is 26.6. The van der Waals surface area contributed by atoms with E-state index in [1.54, 1.807) is 6.07 Å². The highest BCUT2D eigenvalue weighted by atomic mass is 19.4. The Kier molecular flexibility index (Phi) is 4.78. The number of hydrogen-bond donors (Lipinski definition) is 2. The van der Waals surface area contributed by atoms with Crippen molar-refractivity contribution >= 4 is 0 Å². The maximum atomic E-state index is 12.3. The molecule has 2 N–H and O–H groups in total. The van der Waals surface area contributed by atoms with Crippen LogP contribution in [0.4, 0.5) is 13.2 Å². The smallest absolute Gasteiger partial charge is 0.406 e. The Morgan fingerprint density at radius 3 is 2.57 bits per heavy atom. The molecule has 0 radical (unpaired) electrons. The van der Waals surface area contributed by atoms with Crippen LogP contribution in [0.5, 0.6) is 5.75 Å². The fraction of sp³-hybridized carbons (Fsp3) is 0.600. The second-order valence-electron chi connectivity index (χ2n) is 5.44. The number of benzene rings is 1. The third kappa shape index (κ3) is 4.35. The zero-order chi connectivity index (χ0) is 15.5. The molecule has 3 nitrogen and oxygen atoms in total. The standard InChI is InChI=1S/C15H20F3NO2/c1-2-19-12-6-8-14(20,9-7-12)11-4-3-5-13(10-11)21-15(16,17)18/h3-5,10,12,19-20H,2,6-9H2,1H3. The summed E-state index contributed by atoms with van der Waals surface area (Å²) < 4.78 is 40.7. The summed E-state index contributed by atoms with van der Waals surface area (Å²) in [6.45, 7) is 2.90. The van der Waals surface area contributed by atoms with Gasteiger partial charge in [-0.25, -0.2) is 0 Å². The van der Waals surface area contributed by atoms with Gasteiger partial charge in [0, 0.05) is 6.04 Å². The molecule has 0 aliphatic heterocycles. The van der Waals surface area contributed by atoms with Crippen LogP contribution in [0.15, 0.2) is 24.3 Å². The minimum absolute atomic E-state index is 0.290. The zero-order valence-corrected chi connectivity index (χ0v) is 11.9. The van der Waals surface area contributed by atoms with Crippen molar-refractivity contribution in [3.05, 3.63) is 29.8 Å². The molecule has 118 valence electrons. The van der Waals surface area contributed by atoms with Crippen molar-refractivity contribution in [1.29, 1.82) is 0 Å². The van der Waals surface area contributed by atoms with E-state index in [0.717, 1.165) is 19.4 Å². The SMILES string of the molecule is CCNC1CCC(O)(c2cccc(OC(F)(F)F)c2)CC1. The molecule has 1 fully saturated rings. The Bertz CT molecular complexity index is 468. The first-order valence-electron chi connectivity index (χ1n) is 7.14. The largest absolute Gasteiger partial charge is 0.573 e. The summed E-state index contributed by atoms with van der Waals surface area (Å²) >= 11 is 0. The van der Waals surface area contributed by atoms with Crippen molar-refractivity contribution in [3.8, 4) is 5.75 Å². The van der Waals surface area contributed by atoms with Crippen molar-refractivity contribution < 1.29 is 23.0 Å². The highest BCUT2D eigenvalue weighted by Crippen LogP contribution is 2.38. The maximum absolute atomic E-state index is 12.3. The number of rotatable bonds is 4. The van der Waals surface area contributed by atoms with Crippen LogP contribution < -0.4 is 10.1 Å². The maximum Gasteiger partial charge on any atom is 0.573 e. The molecule has 21 heavy (non-hydrogen) atoms. The summed E-state index contributed by atoms with van der Waals surface area (Å²) in [4.78, 5) is 0. The molecule has 0 atom stereocenters. The van der Waals surface area contributed by atoms with Crippen LogP contribution in [0.1, 0.15) is 38.2 Å². The minimum Gasteiger partial charge on any atom is -0.406 e. The number of alkyl halides is 3. The lowest BCUT2D eigenvalue weighted by molar-refractivity contribution is -0.274. The Morgan fingerprint density at radius 2 is 2.00 bits per heavy atom. The lowest BCUT2D eigenvalue weighted by atomic mass is 9.77. The molecule has 0 amide bonds. The first kappa shape index (κ1) is 16.1. The van der Waals surface area contributed by atoms with Gasteiger partial charge in [0.2, 0.25) is 0 Å². The molecule has 1 saturated carbocycles. The summed E-state index contributed by atoms with van der Waals surface area (Å²) in [6.07, 6.45) is -2.06. The predicted molar refractivity (Wildman–Crippen MR) is 73.0 cm³/mol. The molecular formula is C15H20F3NO2. The number of nitrogens with one attached hydrogen (secondary N) is 1. The second kappa shape index (κ2) is 6.23. The molecule has 1 aliphatic rings. The Labute approximate surface area is 122 Å². The van der Waals surface area contributed by atoms with Crippen molar-refractivity contribution in [2.45, 2.75) is 50.6 Å². The Morgan fingerprint density at radius 1 is 1.33 bits per heavy atom. The molecule has 6 heteroatoms. The molecule has 0 spiro atoms. The monoisotopic (exact) mass is 303 g/mol. The van der Waals surface area contributed by atoms with Gasteiger partial charge in [-0.3, -0.25) is 0 Å². The van der Waals surface area contributed by atoms with Crippen LogP contribution >= 0.6 is 0 Å². The van der Waals surface area contributed by atoms with Crippen LogP contribution in [0.3, 0.4) is 0 Å². The van der Waals surface area contributed by atoms with Crippen LogP contribution in [0.25, 0.3) is 0 Å². The summed E-state index contributed by atoms with van der Waals surface area (Å²) in [7, 11) is 0. The topological polar surface area (TPSA) is 41.5 Å². The number of aliphatic hydroxyl groups is 1. The van der Waals surface area contributed by atoms with Crippen molar-refractivity contribution in [2.75, 3.05) is 6.54 Å². The van der Waals surface area contributed by atoms with Gasteiger partial charge in [-0.05, 0) is 49.9 Å². The number of halogens is 3. The van der Waals surface area contributed by atoms with Crippen LogP contribution in [0.2, 0.25) is 0 Å². The van der Waals surface area contributed by atoms with Gasteiger partial charge in [0.25, 0.3) is 0 Å². The van der Waals surface area contributed by atoms with Gasteiger partial charge >= 0.3 is 6.36 Å². The molecular weight excluding hydrogens is 283 g/mol. The molecule has 0 unspecified atom stereocenters. The molecule has 1 aliphatic carbocycles.